The third kappa shape index (κ3) is 4.73. The Balaban J connectivity index is 1.33. The number of carbonyl (C=O) groups excluding carboxylic acids is 2. The Bertz CT molecular complexity index is 1400. The van der Waals surface area contributed by atoms with Gasteiger partial charge in [-0.1, -0.05) is 78.9 Å². The summed E-state index contributed by atoms with van der Waals surface area (Å²) in [6, 6.07) is 28.2. The summed E-state index contributed by atoms with van der Waals surface area (Å²) in [7, 11) is 1.53. The summed E-state index contributed by atoms with van der Waals surface area (Å²) < 4.78 is 22.2. The Morgan fingerprint density at radius 3 is 2.29 bits per heavy atom. The van der Waals surface area contributed by atoms with Gasteiger partial charge in [0.2, 0.25) is 0 Å². The number of cyclic esters (lactones) is 2. The predicted molar refractivity (Wildman–Crippen MR) is 131 cm³/mol. The first kappa shape index (κ1) is 22.2. The molecule has 0 amide bonds. The van der Waals surface area contributed by atoms with E-state index in [0.29, 0.717) is 29.2 Å². The van der Waals surface area contributed by atoms with Gasteiger partial charge in [-0.3, -0.25) is 0 Å². The third-order valence-corrected chi connectivity index (χ3v) is 5.70. The molecule has 0 N–H and O–H groups in total. The summed E-state index contributed by atoms with van der Waals surface area (Å²) in [5.74, 6) is -0.476. The molecule has 1 saturated heterocycles. The van der Waals surface area contributed by atoms with Gasteiger partial charge in [0.1, 0.15) is 12.2 Å². The van der Waals surface area contributed by atoms with E-state index in [1.54, 1.807) is 42.5 Å². The first-order valence-electron chi connectivity index (χ1n) is 11.1. The molecular weight excluding hydrogens is 444 g/mol. The van der Waals surface area contributed by atoms with Gasteiger partial charge < -0.3 is 18.9 Å². The number of esters is 2. The largest absolute Gasteiger partial charge is 0.493 e. The molecule has 0 unspecified atom stereocenters. The zero-order valence-corrected chi connectivity index (χ0v) is 19.0. The molecule has 4 aromatic carbocycles. The molecule has 174 valence electrons. The summed E-state index contributed by atoms with van der Waals surface area (Å²) in [5, 5.41) is 2.27. The van der Waals surface area contributed by atoms with Crippen LogP contribution < -0.4 is 9.47 Å². The van der Waals surface area contributed by atoms with E-state index in [0.717, 1.165) is 16.3 Å². The van der Waals surface area contributed by atoms with Crippen molar-refractivity contribution in [3.05, 3.63) is 113 Å². The molecule has 0 spiro atoms. The summed E-state index contributed by atoms with van der Waals surface area (Å²) in [5.41, 5.74) is 2.02. The minimum atomic E-state index is -1.06. The number of hydrogen-bond acceptors (Lipinski definition) is 6. The fraction of sp³-hybridized carbons (Fsp3) is 0.103. The van der Waals surface area contributed by atoms with E-state index in [-0.39, 0.29) is 5.57 Å². The first-order chi connectivity index (χ1) is 17.1. The van der Waals surface area contributed by atoms with Crippen molar-refractivity contribution in [1.82, 2.24) is 0 Å². The maximum absolute atomic E-state index is 12.5. The standard InChI is InChI=1S/C29H22O6/c1-32-26-17-19(16-24-27(30)34-29(35-28(24)31)21-9-3-2-4-10-21)14-15-25(26)33-18-22-12-7-11-20-8-5-6-13-23(20)22/h2-17,29H,18H2,1H3. The van der Waals surface area contributed by atoms with Gasteiger partial charge in [-0.15, -0.1) is 0 Å². The van der Waals surface area contributed by atoms with Gasteiger partial charge in [-0.25, -0.2) is 9.59 Å². The van der Waals surface area contributed by atoms with Crippen molar-refractivity contribution in [3.63, 3.8) is 0 Å². The van der Waals surface area contributed by atoms with Crippen LogP contribution in [0.1, 0.15) is 23.0 Å². The number of hydrogen-bond donors (Lipinski definition) is 0. The topological polar surface area (TPSA) is 71.1 Å². The Morgan fingerprint density at radius 2 is 1.51 bits per heavy atom. The van der Waals surface area contributed by atoms with E-state index in [1.807, 2.05) is 30.3 Å². The molecule has 0 saturated carbocycles. The van der Waals surface area contributed by atoms with Crippen LogP contribution in [0.4, 0.5) is 0 Å². The van der Waals surface area contributed by atoms with Crippen LogP contribution in [0.2, 0.25) is 0 Å². The van der Waals surface area contributed by atoms with Crippen LogP contribution >= 0.6 is 0 Å². The van der Waals surface area contributed by atoms with Crippen molar-refractivity contribution < 1.29 is 28.5 Å². The third-order valence-electron chi connectivity index (χ3n) is 5.70. The van der Waals surface area contributed by atoms with Crippen LogP contribution in [0, 0.1) is 0 Å². The second-order valence-electron chi connectivity index (χ2n) is 7.95. The molecule has 1 aliphatic heterocycles. The quantitative estimate of drug-likeness (QED) is 0.209. The van der Waals surface area contributed by atoms with Crippen molar-refractivity contribution >= 4 is 28.8 Å². The molecule has 5 rings (SSSR count). The van der Waals surface area contributed by atoms with Crippen LogP contribution in [-0.2, 0) is 25.7 Å². The van der Waals surface area contributed by atoms with Crippen LogP contribution in [0.3, 0.4) is 0 Å². The minimum Gasteiger partial charge on any atom is -0.493 e. The highest BCUT2D eigenvalue weighted by molar-refractivity contribution is 6.18. The van der Waals surface area contributed by atoms with Gasteiger partial charge in [-0.2, -0.15) is 0 Å². The molecule has 6 nitrogen and oxygen atoms in total. The van der Waals surface area contributed by atoms with Gasteiger partial charge in [0.15, 0.2) is 11.5 Å². The number of carbonyl (C=O) groups is 2. The molecule has 0 bridgehead atoms. The summed E-state index contributed by atoms with van der Waals surface area (Å²) in [6.45, 7) is 0.359. The fourth-order valence-electron chi connectivity index (χ4n) is 3.93. The Morgan fingerprint density at radius 1 is 0.800 bits per heavy atom. The van der Waals surface area contributed by atoms with Crippen molar-refractivity contribution in [3.8, 4) is 11.5 Å². The lowest BCUT2D eigenvalue weighted by atomic mass is 10.1. The van der Waals surface area contributed by atoms with Crippen molar-refractivity contribution in [2.24, 2.45) is 0 Å². The highest BCUT2D eigenvalue weighted by Gasteiger charge is 2.34. The highest BCUT2D eigenvalue weighted by Crippen LogP contribution is 2.32. The highest BCUT2D eigenvalue weighted by atomic mass is 16.7. The van der Waals surface area contributed by atoms with E-state index < -0.39 is 18.2 Å². The van der Waals surface area contributed by atoms with Crippen LogP contribution in [0.15, 0.2) is 96.6 Å². The monoisotopic (exact) mass is 466 g/mol. The maximum atomic E-state index is 12.5. The minimum absolute atomic E-state index is 0.191. The van der Waals surface area contributed by atoms with Crippen molar-refractivity contribution in [1.29, 1.82) is 0 Å². The summed E-state index contributed by atoms with van der Waals surface area (Å²) in [4.78, 5) is 25.1. The van der Waals surface area contributed by atoms with Crippen LogP contribution in [0.25, 0.3) is 16.8 Å². The van der Waals surface area contributed by atoms with Crippen molar-refractivity contribution in [2.75, 3.05) is 7.11 Å². The summed E-state index contributed by atoms with van der Waals surface area (Å²) in [6.07, 6.45) is 0.357. The van der Waals surface area contributed by atoms with E-state index >= 15 is 0 Å². The first-order valence-corrected chi connectivity index (χ1v) is 11.1. The molecule has 0 atom stereocenters. The van der Waals surface area contributed by atoms with E-state index in [2.05, 4.69) is 18.2 Å². The second kappa shape index (κ2) is 9.73. The number of benzene rings is 4. The molecule has 1 aliphatic rings. The number of ether oxygens (including phenoxy) is 4. The Kier molecular flexibility index (Phi) is 6.18. The number of rotatable bonds is 6. The number of fused-ring (bicyclic) bond motifs is 1. The van der Waals surface area contributed by atoms with E-state index in [1.165, 1.54) is 13.2 Å². The average molecular weight is 466 g/mol. The molecule has 0 aromatic heterocycles. The predicted octanol–water partition coefficient (Wildman–Crippen LogP) is 5.61. The second-order valence-corrected chi connectivity index (χ2v) is 7.95. The van der Waals surface area contributed by atoms with E-state index in [4.69, 9.17) is 18.9 Å². The number of methoxy groups -OCH3 is 1. The maximum Gasteiger partial charge on any atom is 0.348 e. The van der Waals surface area contributed by atoms with Crippen LogP contribution in [0.5, 0.6) is 11.5 Å². The van der Waals surface area contributed by atoms with E-state index in [9.17, 15) is 9.59 Å². The lowest BCUT2D eigenvalue weighted by Gasteiger charge is -2.24. The average Bonchev–Trinajstić information content (AvgIpc) is 2.90. The molecule has 1 heterocycles. The Hall–Kier alpha value is -4.58. The molecule has 0 radical (unpaired) electrons. The molecule has 6 heteroatoms. The summed E-state index contributed by atoms with van der Waals surface area (Å²) >= 11 is 0. The van der Waals surface area contributed by atoms with Gasteiger partial charge in [0, 0.05) is 5.56 Å². The van der Waals surface area contributed by atoms with Crippen LogP contribution in [-0.4, -0.2) is 19.0 Å². The molecular formula is C29H22O6. The molecule has 0 aliphatic carbocycles. The molecule has 4 aromatic rings. The normalized spacial score (nSPS) is 15.3. The van der Waals surface area contributed by atoms with Crippen molar-refractivity contribution in [2.45, 2.75) is 12.9 Å². The lowest BCUT2D eigenvalue weighted by Crippen LogP contribution is -2.29. The SMILES string of the molecule is COc1cc(C=C2C(=O)OC(c3ccccc3)OC2=O)ccc1OCc1cccc2ccccc12. The molecule has 1 fully saturated rings. The van der Waals surface area contributed by atoms with Gasteiger partial charge in [0.25, 0.3) is 6.29 Å². The fourth-order valence-corrected chi connectivity index (χ4v) is 3.93. The zero-order chi connectivity index (χ0) is 24.2. The smallest absolute Gasteiger partial charge is 0.348 e. The Labute approximate surface area is 202 Å². The molecule has 35 heavy (non-hydrogen) atoms. The lowest BCUT2D eigenvalue weighted by molar-refractivity contribution is -0.195. The van der Waals surface area contributed by atoms with Gasteiger partial charge >= 0.3 is 11.9 Å². The van der Waals surface area contributed by atoms with Gasteiger partial charge in [0.05, 0.1) is 7.11 Å². The zero-order valence-electron chi connectivity index (χ0n) is 19.0. The van der Waals surface area contributed by atoms with Gasteiger partial charge in [-0.05, 0) is 40.1 Å².